The van der Waals surface area contributed by atoms with E-state index in [0.29, 0.717) is 24.5 Å². The van der Waals surface area contributed by atoms with Crippen LogP contribution in [0.4, 0.5) is 21.0 Å². The highest BCUT2D eigenvalue weighted by Crippen LogP contribution is 2.29. The van der Waals surface area contributed by atoms with Crippen LogP contribution in [-0.4, -0.2) is 42.0 Å². The number of benzene rings is 4. The van der Waals surface area contributed by atoms with Gasteiger partial charge in [0.1, 0.15) is 21.3 Å². The second kappa shape index (κ2) is 15.7. The minimum Gasteiger partial charge on any atom is -0.379 e. The molecule has 5 rings (SSSR count). The highest BCUT2D eigenvalue weighted by atomic mass is 32.2. The first-order valence-corrected chi connectivity index (χ1v) is 18.2. The van der Waals surface area contributed by atoms with Crippen LogP contribution < -0.4 is 29.6 Å². The third-order valence-electron chi connectivity index (χ3n) is 7.65. The minimum atomic E-state index is -4.02. The number of nitrogens with one attached hydrogen (secondary N) is 4. The molecule has 0 bridgehead atoms. The quantitative estimate of drug-likeness (QED) is 0.132. The van der Waals surface area contributed by atoms with Gasteiger partial charge in [-0.25, -0.2) is 9.59 Å². The average Bonchev–Trinajstić information content (AvgIpc) is 3.07. The van der Waals surface area contributed by atoms with Crippen molar-refractivity contribution in [3.05, 3.63) is 109 Å². The lowest BCUT2D eigenvalue weighted by Crippen LogP contribution is -2.38. The Labute approximate surface area is 280 Å². The molecule has 0 spiro atoms. The summed E-state index contributed by atoms with van der Waals surface area (Å²) in [6.45, 7) is 0.873. The van der Waals surface area contributed by atoms with Crippen LogP contribution in [0.1, 0.15) is 25.7 Å². The van der Waals surface area contributed by atoms with Gasteiger partial charge in [0.05, 0.1) is 0 Å². The molecule has 2 unspecified atom stereocenters. The van der Waals surface area contributed by atoms with Crippen molar-refractivity contribution in [1.82, 2.24) is 10.6 Å². The van der Waals surface area contributed by atoms with Crippen molar-refractivity contribution in [2.45, 2.75) is 35.5 Å². The Balaban J connectivity index is 1.04. The zero-order valence-corrected chi connectivity index (χ0v) is 27.5. The number of amides is 4. The standard InChI is InChI=1S/C34H36N4O8S2/c39-33(37-27-12-8-14-29(21-27)45-47(41,42)31-16-3-1-4-17-31)35-23-25-10-7-11-26(20-25)24-36-34(40)38-28-13-9-15-30(22-28)46-48(43,44)32-18-5-2-6-19-32/h1-6,8-9,12-19,21-22,25-26H,7,10-11,20,23-24H2,(H2,35,37,39)(H2,36,38,40). The smallest absolute Gasteiger partial charge is 0.339 e. The van der Waals surface area contributed by atoms with Gasteiger partial charge in [0, 0.05) is 36.6 Å². The van der Waals surface area contributed by atoms with E-state index in [0.717, 1.165) is 25.7 Å². The Morgan fingerprint density at radius 1 is 0.583 bits per heavy atom. The fourth-order valence-corrected chi connectivity index (χ4v) is 7.26. The largest absolute Gasteiger partial charge is 0.379 e. The maximum atomic E-state index is 12.6. The Morgan fingerprint density at radius 3 is 1.42 bits per heavy atom. The predicted molar refractivity (Wildman–Crippen MR) is 181 cm³/mol. The first-order chi connectivity index (χ1) is 23.1. The van der Waals surface area contributed by atoms with Gasteiger partial charge in [-0.3, -0.25) is 0 Å². The average molecular weight is 693 g/mol. The molecular weight excluding hydrogens is 657 g/mol. The van der Waals surface area contributed by atoms with Crippen molar-refractivity contribution in [3.8, 4) is 11.5 Å². The molecule has 0 heterocycles. The molecule has 0 saturated heterocycles. The minimum absolute atomic E-state index is 0.0253. The molecule has 4 aromatic rings. The van der Waals surface area contributed by atoms with E-state index in [-0.39, 0.29) is 33.1 Å². The summed E-state index contributed by atoms with van der Waals surface area (Å²) in [7, 11) is -8.03. The summed E-state index contributed by atoms with van der Waals surface area (Å²) in [4.78, 5) is 25.3. The monoisotopic (exact) mass is 692 g/mol. The van der Waals surface area contributed by atoms with Gasteiger partial charge >= 0.3 is 32.3 Å². The molecule has 0 aliphatic heterocycles. The van der Waals surface area contributed by atoms with Gasteiger partial charge in [-0.05, 0) is 79.6 Å². The fourth-order valence-electron chi connectivity index (χ4n) is 5.37. The van der Waals surface area contributed by atoms with Gasteiger partial charge < -0.3 is 29.6 Å². The first kappa shape index (κ1) is 34.3. The number of anilines is 2. The van der Waals surface area contributed by atoms with Crippen molar-refractivity contribution in [1.29, 1.82) is 0 Å². The maximum Gasteiger partial charge on any atom is 0.339 e. The molecule has 1 aliphatic rings. The number of carbonyl (C=O) groups is 2. The van der Waals surface area contributed by atoms with Crippen LogP contribution in [0.25, 0.3) is 0 Å². The Morgan fingerprint density at radius 2 is 1.00 bits per heavy atom. The molecule has 252 valence electrons. The van der Waals surface area contributed by atoms with Crippen LogP contribution in [0.5, 0.6) is 11.5 Å². The van der Waals surface area contributed by atoms with Gasteiger partial charge in [0.15, 0.2) is 0 Å². The van der Waals surface area contributed by atoms with Crippen molar-refractivity contribution in [3.63, 3.8) is 0 Å². The van der Waals surface area contributed by atoms with E-state index in [2.05, 4.69) is 21.3 Å². The third kappa shape index (κ3) is 9.96. The molecule has 4 N–H and O–H groups in total. The van der Waals surface area contributed by atoms with Gasteiger partial charge in [-0.1, -0.05) is 55.0 Å². The Kier molecular flexibility index (Phi) is 11.2. The van der Waals surface area contributed by atoms with Crippen LogP contribution in [0.15, 0.2) is 119 Å². The lowest BCUT2D eigenvalue weighted by Gasteiger charge is -2.29. The van der Waals surface area contributed by atoms with E-state index in [1.54, 1.807) is 60.7 Å². The lowest BCUT2D eigenvalue weighted by molar-refractivity contribution is 0.230. The number of carbonyl (C=O) groups excluding carboxylic acids is 2. The summed E-state index contributed by atoms with van der Waals surface area (Å²) < 4.78 is 60.6. The van der Waals surface area contributed by atoms with Gasteiger partial charge in [0.25, 0.3) is 0 Å². The molecule has 4 amide bonds. The Bertz CT molecular complexity index is 1790. The van der Waals surface area contributed by atoms with Gasteiger partial charge in [0.2, 0.25) is 0 Å². The van der Waals surface area contributed by atoms with Crippen molar-refractivity contribution >= 4 is 43.7 Å². The predicted octanol–water partition coefficient (Wildman–Crippen LogP) is 5.97. The molecule has 0 radical (unpaired) electrons. The molecule has 14 heteroatoms. The summed E-state index contributed by atoms with van der Waals surface area (Å²) in [5.41, 5.74) is 0.750. The van der Waals surface area contributed by atoms with E-state index >= 15 is 0 Å². The second-order valence-corrected chi connectivity index (χ2v) is 14.4. The zero-order chi connectivity index (χ0) is 34.0. The first-order valence-electron chi connectivity index (χ1n) is 15.3. The zero-order valence-electron chi connectivity index (χ0n) is 25.9. The highest BCUT2D eigenvalue weighted by Gasteiger charge is 2.23. The highest BCUT2D eigenvalue weighted by molar-refractivity contribution is 7.87. The molecule has 2 atom stereocenters. The van der Waals surface area contributed by atoms with Gasteiger partial charge in [-0.15, -0.1) is 0 Å². The van der Waals surface area contributed by atoms with Crippen LogP contribution in [0.3, 0.4) is 0 Å². The number of rotatable bonds is 12. The molecule has 1 saturated carbocycles. The number of hydrogen-bond donors (Lipinski definition) is 4. The van der Waals surface area contributed by atoms with E-state index in [1.807, 2.05) is 0 Å². The van der Waals surface area contributed by atoms with E-state index in [9.17, 15) is 26.4 Å². The SMILES string of the molecule is O=C(NCC1CCCC(CNC(=O)Nc2cccc(OS(=O)(=O)c3ccccc3)c2)C1)Nc1cccc(OS(=O)(=O)c2ccccc2)c1. The van der Waals surface area contributed by atoms with Crippen LogP contribution >= 0.6 is 0 Å². The summed E-state index contributed by atoms with van der Waals surface area (Å²) in [5, 5.41) is 11.2. The Hall–Kier alpha value is -5.08. The lowest BCUT2D eigenvalue weighted by atomic mass is 9.81. The molecule has 12 nitrogen and oxygen atoms in total. The molecule has 1 fully saturated rings. The molecule has 4 aromatic carbocycles. The molecular formula is C34H36N4O8S2. The van der Waals surface area contributed by atoms with E-state index in [1.165, 1.54) is 48.5 Å². The van der Waals surface area contributed by atoms with Crippen LogP contribution in [0.2, 0.25) is 0 Å². The third-order valence-corrected chi connectivity index (χ3v) is 10.2. The van der Waals surface area contributed by atoms with E-state index < -0.39 is 32.3 Å². The topological polar surface area (TPSA) is 169 Å². The van der Waals surface area contributed by atoms with Crippen molar-refractivity contribution < 1.29 is 34.8 Å². The van der Waals surface area contributed by atoms with Crippen molar-refractivity contribution in [2.75, 3.05) is 23.7 Å². The van der Waals surface area contributed by atoms with Crippen molar-refractivity contribution in [2.24, 2.45) is 11.8 Å². The summed E-state index contributed by atoms with van der Waals surface area (Å²) >= 11 is 0. The maximum absolute atomic E-state index is 12.6. The number of urea groups is 2. The van der Waals surface area contributed by atoms with Gasteiger partial charge in [-0.2, -0.15) is 16.8 Å². The molecule has 1 aliphatic carbocycles. The van der Waals surface area contributed by atoms with E-state index in [4.69, 9.17) is 8.37 Å². The molecule has 48 heavy (non-hydrogen) atoms. The number of hydrogen-bond acceptors (Lipinski definition) is 8. The van der Waals surface area contributed by atoms with Crippen LogP contribution in [-0.2, 0) is 20.2 Å². The van der Waals surface area contributed by atoms with Crippen LogP contribution in [0, 0.1) is 11.8 Å². The fraction of sp³-hybridized carbons (Fsp3) is 0.235. The summed E-state index contributed by atoms with van der Waals surface area (Å²) in [6.07, 6.45) is 3.62. The molecule has 0 aromatic heterocycles. The summed E-state index contributed by atoms with van der Waals surface area (Å²) in [6, 6.07) is 27.0. The second-order valence-electron chi connectivity index (χ2n) is 11.3. The summed E-state index contributed by atoms with van der Waals surface area (Å²) in [5.74, 6) is 0.566. The normalized spacial score (nSPS) is 16.2.